The van der Waals surface area contributed by atoms with Crippen LogP contribution in [-0.4, -0.2) is 36.3 Å². The molecule has 2 rings (SSSR count). The quantitative estimate of drug-likeness (QED) is 0.761. The van der Waals surface area contributed by atoms with Crippen LogP contribution >= 0.6 is 0 Å². The van der Waals surface area contributed by atoms with Crippen LogP contribution in [0.1, 0.15) is 5.56 Å². The van der Waals surface area contributed by atoms with E-state index >= 15 is 0 Å². The summed E-state index contributed by atoms with van der Waals surface area (Å²) in [4.78, 5) is 4.05. The number of hydrogen-bond acceptors (Lipinski definition) is 4. The Balaban J connectivity index is 1.99. The highest BCUT2D eigenvalue weighted by Gasteiger charge is 2.10. The summed E-state index contributed by atoms with van der Waals surface area (Å²) in [6, 6.07) is 1.99. The zero-order valence-electron chi connectivity index (χ0n) is 8.36. The molecular formula is C10H15N3O. The van der Waals surface area contributed by atoms with Crippen LogP contribution in [0, 0.1) is 6.92 Å². The second-order valence-electron chi connectivity index (χ2n) is 3.40. The minimum atomic E-state index is 0.803. The molecule has 0 saturated carbocycles. The number of hydrogen-bond donors (Lipinski definition) is 1. The van der Waals surface area contributed by atoms with Gasteiger partial charge in [0.1, 0.15) is 0 Å². The molecule has 0 unspecified atom stereocenters. The summed E-state index contributed by atoms with van der Waals surface area (Å²) in [5.74, 6) is 0. The van der Waals surface area contributed by atoms with Gasteiger partial charge in [-0.3, -0.25) is 4.98 Å². The van der Waals surface area contributed by atoms with Crippen molar-refractivity contribution in [2.75, 3.05) is 31.7 Å². The molecule has 1 N–H and O–H groups in total. The van der Waals surface area contributed by atoms with Gasteiger partial charge in [-0.2, -0.15) is 0 Å². The third kappa shape index (κ3) is 2.21. The number of pyridine rings is 1. The molecular weight excluding hydrogens is 178 g/mol. The van der Waals surface area contributed by atoms with Gasteiger partial charge < -0.3 is 10.2 Å². The van der Waals surface area contributed by atoms with Gasteiger partial charge in [-0.1, -0.05) is 0 Å². The number of nitrogens with one attached hydrogen (secondary N) is 1. The van der Waals surface area contributed by atoms with Gasteiger partial charge in [-0.05, 0) is 18.6 Å². The molecule has 1 aromatic heterocycles. The van der Waals surface area contributed by atoms with E-state index in [0.29, 0.717) is 0 Å². The highest BCUT2D eigenvalue weighted by Crippen LogP contribution is 2.13. The fourth-order valence-electron chi connectivity index (χ4n) is 1.44. The van der Waals surface area contributed by atoms with Gasteiger partial charge >= 0.3 is 0 Å². The van der Waals surface area contributed by atoms with Crippen molar-refractivity contribution in [3.8, 4) is 0 Å². The fourth-order valence-corrected chi connectivity index (χ4v) is 1.44. The molecule has 0 aliphatic carbocycles. The van der Waals surface area contributed by atoms with Gasteiger partial charge in [0.2, 0.25) is 0 Å². The molecule has 0 atom stereocenters. The Morgan fingerprint density at radius 3 is 2.93 bits per heavy atom. The minimum Gasteiger partial charge on any atom is -0.379 e. The SMILES string of the molecule is Cc1cnccc1NN1CCOCC1. The van der Waals surface area contributed by atoms with Crippen LogP contribution in [0.4, 0.5) is 5.69 Å². The number of hydrazine groups is 1. The lowest BCUT2D eigenvalue weighted by atomic mass is 10.3. The van der Waals surface area contributed by atoms with Crippen molar-refractivity contribution in [3.63, 3.8) is 0 Å². The van der Waals surface area contributed by atoms with E-state index in [4.69, 9.17) is 4.74 Å². The lowest BCUT2D eigenvalue weighted by molar-refractivity contribution is 0.0496. The maximum Gasteiger partial charge on any atom is 0.0612 e. The average molecular weight is 193 g/mol. The monoisotopic (exact) mass is 193 g/mol. The summed E-state index contributed by atoms with van der Waals surface area (Å²) in [6.45, 7) is 5.52. The highest BCUT2D eigenvalue weighted by atomic mass is 16.5. The highest BCUT2D eigenvalue weighted by molar-refractivity contribution is 5.47. The molecule has 1 aliphatic rings. The number of ether oxygens (including phenoxy) is 1. The standard InChI is InChI=1S/C10H15N3O/c1-9-8-11-3-2-10(9)12-13-4-6-14-7-5-13/h2-3,8H,4-7H2,1H3,(H,11,12). The van der Waals surface area contributed by atoms with E-state index in [0.717, 1.165) is 32.0 Å². The number of nitrogens with zero attached hydrogens (tertiary/aromatic N) is 2. The molecule has 0 radical (unpaired) electrons. The molecule has 2 heterocycles. The van der Waals surface area contributed by atoms with E-state index < -0.39 is 0 Å². The maximum absolute atomic E-state index is 5.27. The van der Waals surface area contributed by atoms with Crippen LogP contribution in [0.15, 0.2) is 18.5 Å². The first kappa shape index (κ1) is 9.43. The largest absolute Gasteiger partial charge is 0.379 e. The van der Waals surface area contributed by atoms with E-state index in [-0.39, 0.29) is 0 Å². The third-order valence-corrected chi connectivity index (χ3v) is 2.31. The number of anilines is 1. The average Bonchev–Trinajstić information content (AvgIpc) is 2.23. The molecule has 0 spiro atoms. The first-order chi connectivity index (χ1) is 6.86. The Kier molecular flexibility index (Phi) is 2.96. The summed E-state index contributed by atoms with van der Waals surface area (Å²) in [5.41, 5.74) is 5.65. The van der Waals surface area contributed by atoms with Crippen molar-refractivity contribution < 1.29 is 4.74 Å². The normalized spacial score (nSPS) is 18.1. The number of rotatable bonds is 2. The smallest absolute Gasteiger partial charge is 0.0612 e. The van der Waals surface area contributed by atoms with Crippen molar-refractivity contribution in [1.82, 2.24) is 9.99 Å². The minimum absolute atomic E-state index is 0.803. The second kappa shape index (κ2) is 4.39. The number of aryl methyl sites for hydroxylation is 1. The Labute approximate surface area is 83.9 Å². The van der Waals surface area contributed by atoms with Crippen molar-refractivity contribution in [3.05, 3.63) is 24.0 Å². The van der Waals surface area contributed by atoms with Crippen LogP contribution in [0.25, 0.3) is 0 Å². The zero-order valence-corrected chi connectivity index (χ0v) is 8.36. The molecule has 14 heavy (non-hydrogen) atoms. The first-order valence-corrected chi connectivity index (χ1v) is 4.86. The van der Waals surface area contributed by atoms with Gasteiger partial charge in [-0.15, -0.1) is 0 Å². The molecule has 1 aliphatic heterocycles. The molecule has 1 aromatic rings. The molecule has 0 aromatic carbocycles. The molecule has 4 heteroatoms. The zero-order chi connectivity index (χ0) is 9.80. The Hall–Kier alpha value is -1.13. The van der Waals surface area contributed by atoms with Crippen molar-refractivity contribution in [2.24, 2.45) is 0 Å². The molecule has 0 bridgehead atoms. The molecule has 1 saturated heterocycles. The van der Waals surface area contributed by atoms with E-state index in [1.165, 1.54) is 5.56 Å². The first-order valence-electron chi connectivity index (χ1n) is 4.86. The Morgan fingerprint density at radius 1 is 1.43 bits per heavy atom. The van der Waals surface area contributed by atoms with Gasteiger partial charge in [0.05, 0.1) is 18.9 Å². The fraction of sp³-hybridized carbons (Fsp3) is 0.500. The molecule has 1 fully saturated rings. The maximum atomic E-state index is 5.27. The van der Waals surface area contributed by atoms with Gasteiger partial charge in [0.25, 0.3) is 0 Å². The Bertz CT molecular complexity index is 297. The van der Waals surface area contributed by atoms with Gasteiger partial charge in [0, 0.05) is 25.5 Å². The van der Waals surface area contributed by atoms with Crippen LogP contribution in [0.2, 0.25) is 0 Å². The lowest BCUT2D eigenvalue weighted by Gasteiger charge is -2.28. The topological polar surface area (TPSA) is 37.4 Å². The van der Waals surface area contributed by atoms with Crippen molar-refractivity contribution >= 4 is 5.69 Å². The predicted molar refractivity (Wildman–Crippen MR) is 55.0 cm³/mol. The van der Waals surface area contributed by atoms with Crippen molar-refractivity contribution in [1.29, 1.82) is 0 Å². The lowest BCUT2D eigenvalue weighted by Crippen LogP contribution is -2.40. The van der Waals surface area contributed by atoms with Gasteiger partial charge in [0.15, 0.2) is 0 Å². The van der Waals surface area contributed by atoms with Crippen LogP contribution < -0.4 is 5.43 Å². The Morgan fingerprint density at radius 2 is 2.21 bits per heavy atom. The van der Waals surface area contributed by atoms with E-state index in [9.17, 15) is 0 Å². The summed E-state index contributed by atoms with van der Waals surface area (Å²) in [7, 11) is 0. The number of aromatic nitrogens is 1. The van der Waals surface area contributed by atoms with Crippen LogP contribution in [0.3, 0.4) is 0 Å². The summed E-state index contributed by atoms with van der Waals surface area (Å²) >= 11 is 0. The van der Waals surface area contributed by atoms with E-state index in [2.05, 4.69) is 22.3 Å². The third-order valence-electron chi connectivity index (χ3n) is 2.31. The van der Waals surface area contributed by atoms with E-state index in [1.54, 1.807) is 6.20 Å². The van der Waals surface area contributed by atoms with E-state index in [1.807, 2.05) is 12.3 Å². The molecule has 76 valence electrons. The predicted octanol–water partition coefficient (Wildman–Crippen LogP) is 1.05. The van der Waals surface area contributed by atoms with Crippen molar-refractivity contribution in [2.45, 2.75) is 6.92 Å². The molecule has 4 nitrogen and oxygen atoms in total. The second-order valence-corrected chi connectivity index (χ2v) is 3.40. The summed E-state index contributed by atoms with van der Waals surface area (Å²) < 4.78 is 5.27. The van der Waals surface area contributed by atoms with Crippen LogP contribution in [-0.2, 0) is 4.74 Å². The van der Waals surface area contributed by atoms with Gasteiger partial charge in [-0.25, -0.2) is 5.01 Å². The molecule has 0 amide bonds. The van der Waals surface area contributed by atoms with Crippen LogP contribution in [0.5, 0.6) is 0 Å². The summed E-state index contributed by atoms with van der Waals surface area (Å²) in [6.07, 6.45) is 3.67. The number of morpholine rings is 1. The summed E-state index contributed by atoms with van der Waals surface area (Å²) in [5, 5.41) is 2.17.